The van der Waals surface area contributed by atoms with Crippen molar-refractivity contribution in [1.29, 1.82) is 0 Å². The molecule has 0 radical (unpaired) electrons. The second-order valence-electron chi connectivity index (χ2n) is 4.16. The Hall–Kier alpha value is -2.23. The highest BCUT2D eigenvalue weighted by atomic mass is 16.5. The third-order valence-electron chi connectivity index (χ3n) is 2.78. The van der Waals surface area contributed by atoms with Gasteiger partial charge in [0.05, 0.1) is 6.04 Å². The van der Waals surface area contributed by atoms with Gasteiger partial charge in [0.2, 0.25) is 5.82 Å². The first-order chi connectivity index (χ1) is 8.92. The lowest BCUT2D eigenvalue weighted by Crippen LogP contribution is -2.09. The predicted octanol–water partition coefficient (Wildman–Crippen LogP) is 1.86. The van der Waals surface area contributed by atoms with Gasteiger partial charge in [0.1, 0.15) is 6.61 Å². The van der Waals surface area contributed by atoms with Gasteiger partial charge < -0.3 is 4.74 Å². The maximum absolute atomic E-state index is 5.55. The molecule has 18 heavy (non-hydrogen) atoms. The molecule has 90 valence electrons. The Balaban J connectivity index is 1.73. The molecule has 0 amide bonds. The van der Waals surface area contributed by atoms with Gasteiger partial charge in [-0.1, -0.05) is 30.3 Å². The van der Waals surface area contributed by atoms with E-state index < -0.39 is 0 Å². The van der Waals surface area contributed by atoms with Crippen molar-refractivity contribution in [1.82, 2.24) is 9.97 Å². The molecule has 0 N–H and O–H groups in total. The molecule has 0 aliphatic carbocycles. The molecular formula is C14H13N3O. The molecule has 2 heterocycles. The molecule has 1 aliphatic rings. The maximum atomic E-state index is 5.55. The van der Waals surface area contributed by atoms with E-state index in [1.807, 2.05) is 18.2 Å². The summed E-state index contributed by atoms with van der Waals surface area (Å²) in [6, 6.07) is 12.2. The summed E-state index contributed by atoms with van der Waals surface area (Å²) >= 11 is 0. The predicted molar refractivity (Wildman–Crippen MR) is 68.5 cm³/mol. The topological polar surface area (TPSA) is 47.4 Å². The molecule has 0 bridgehead atoms. The number of hydrogen-bond donors (Lipinski definition) is 0. The van der Waals surface area contributed by atoms with E-state index in [0.29, 0.717) is 18.3 Å². The fourth-order valence-electron chi connectivity index (χ4n) is 1.94. The molecule has 4 heteroatoms. The lowest BCUT2D eigenvalue weighted by molar-refractivity contribution is 0.315. The average molecular weight is 239 g/mol. The fourth-order valence-corrected chi connectivity index (χ4v) is 1.94. The van der Waals surface area contributed by atoms with E-state index in [1.165, 1.54) is 5.56 Å². The van der Waals surface area contributed by atoms with Crippen LogP contribution in [0.25, 0.3) is 0 Å². The molecule has 2 aromatic rings. The average Bonchev–Trinajstić information content (AvgIpc) is 2.89. The van der Waals surface area contributed by atoms with Gasteiger partial charge in [0.25, 0.3) is 5.90 Å². The largest absolute Gasteiger partial charge is 0.473 e. The summed E-state index contributed by atoms with van der Waals surface area (Å²) in [6.07, 6.45) is 4.27. The normalized spacial score (nSPS) is 18.2. The van der Waals surface area contributed by atoms with Crippen LogP contribution in [0.4, 0.5) is 0 Å². The van der Waals surface area contributed by atoms with Crippen molar-refractivity contribution in [3.63, 3.8) is 0 Å². The second kappa shape index (κ2) is 4.96. The molecule has 0 saturated heterocycles. The number of nitrogens with zero attached hydrogens (tertiary/aromatic N) is 3. The van der Waals surface area contributed by atoms with Crippen LogP contribution in [0.5, 0.6) is 0 Å². The third kappa shape index (κ3) is 2.37. The zero-order valence-corrected chi connectivity index (χ0v) is 9.86. The molecule has 1 aromatic carbocycles. The van der Waals surface area contributed by atoms with Gasteiger partial charge in [0, 0.05) is 12.4 Å². The zero-order chi connectivity index (χ0) is 12.2. The van der Waals surface area contributed by atoms with E-state index in [9.17, 15) is 0 Å². The summed E-state index contributed by atoms with van der Waals surface area (Å²) in [6.45, 7) is 0.600. The summed E-state index contributed by atoms with van der Waals surface area (Å²) < 4.78 is 5.55. The van der Waals surface area contributed by atoms with Crippen molar-refractivity contribution in [3.8, 4) is 0 Å². The van der Waals surface area contributed by atoms with Gasteiger partial charge >= 0.3 is 0 Å². The molecular weight excluding hydrogens is 226 g/mol. The number of rotatable bonds is 3. The summed E-state index contributed by atoms with van der Waals surface area (Å²) in [5.41, 5.74) is 1.27. The summed E-state index contributed by atoms with van der Waals surface area (Å²) in [7, 11) is 0. The number of benzene rings is 1. The van der Waals surface area contributed by atoms with Gasteiger partial charge in [-0.15, -0.1) is 0 Å². The van der Waals surface area contributed by atoms with Crippen LogP contribution in [0, 0.1) is 0 Å². The van der Waals surface area contributed by atoms with Gasteiger partial charge in [-0.2, -0.15) is 0 Å². The van der Waals surface area contributed by atoms with Gasteiger partial charge in [0.15, 0.2) is 0 Å². The van der Waals surface area contributed by atoms with Gasteiger partial charge in [-0.05, 0) is 18.1 Å². The highest BCUT2D eigenvalue weighted by molar-refractivity contribution is 5.91. The van der Waals surface area contributed by atoms with Crippen LogP contribution in [0.3, 0.4) is 0 Å². The molecule has 0 fully saturated rings. The Morgan fingerprint density at radius 3 is 2.61 bits per heavy atom. The molecule has 1 unspecified atom stereocenters. The Kier molecular flexibility index (Phi) is 3.00. The lowest BCUT2D eigenvalue weighted by atomic mass is 10.1. The van der Waals surface area contributed by atoms with Crippen molar-refractivity contribution in [2.75, 3.05) is 6.61 Å². The monoisotopic (exact) mass is 239 g/mol. The van der Waals surface area contributed by atoms with Crippen molar-refractivity contribution in [3.05, 3.63) is 60.2 Å². The standard InChI is InChI=1S/C14H13N3O/c1-2-5-11(6-3-1)9-12-10-18-14(17-12)13-15-7-4-8-16-13/h1-8,12H,9-10H2. The summed E-state index contributed by atoms with van der Waals surface area (Å²) in [5.74, 6) is 1.12. The molecule has 0 saturated carbocycles. The van der Waals surface area contributed by atoms with E-state index in [-0.39, 0.29) is 6.04 Å². The number of aliphatic imine (C=N–C) groups is 1. The Labute approximate surface area is 105 Å². The summed E-state index contributed by atoms with van der Waals surface area (Å²) in [5, 5.41) is 0. The van der Waals surface area contributed by atoms with E-state index >= 15 is 0 Å². The van der Waals surface area contributed by atoms with Crippen LogP contribution in [0.15, 0.2) is 53.8 Å². The van der Waals surface area contributed by atoms with Crippen LogP contribution in [0.2, 0.25) is 0 Å². The first kappa shape index (κ1) is 10.9. The van der Waals surface area contributed by atoms with Gasteiger partial charge in [-0.25, -0.2) is 15.0 Å². The molecule has 1 aromatic heterocycles. The SMILES string of the molecule is c1ccc(CC2COC(c3ncccn3)=N2)cc1. The molecule has 0 spiro atoms. The molecule has 1 atom stereocenters. The highest BCUT2D eigenvalue weighted by Crippen LogP contribution is 2.13. The Morgan fingerprint density at radius 2 is 1.83 bits per heavy atom. The van der Waals surface area contributed by atoms with E-state index in [1.54, 1.807) is 18.5 Å². The minimum absolute atomic E-state index is 0.159. The van der Waals surface area contributed by atoms with Crippen molar-refractivity contribution < 1.29 is 4.74 Å². The minimum Gasteiger partial charge on any atom is -0.473 e. The first-order valence-corrected chi connectivity index (χ1v) is 5.94. The number of hydrogen-bond acceptors (Lipinski definition) is 4. The smallest absolute Gasteiger partial charge is 0.255 e. The second-order valence-corrected chi connectivity index (χ2v) is 4.16. The van der Waals surface area contributed by atoms with Crippen LogP contribution < -0.4 is 0 Å². The van der Waals surface area contributed by atoms with E-state index in [4.69, 9.17) is 4.74 Å². The molecule has 4 nitrogen and oxygen atoms in total. The van der Waals surface area contributed by atoms with Crippen LogP contribution in [0.1, 0.15) is 11.4 Å². The first-order valence-electron chi connectivity index (χ1n) is 5.94. The number of aromatic nitrogens is 2. The van der Waals surface area contributed by atoms with Crippen LogP contribution in [-0.4, -0.2) is 28.5 Å². The van der Waals surface area contributed by atoms with Crippen molar-refractivity contribution in [2.24, 2.45) is 4.99 Å². The van der Waals surface area contributed by atoms with E-state index in [2.05, 4.69) is 27.1 Å². The highest BCUT2D eigenvalue weighted by Gasteiger charge is 2.21. The molecule has 1 aliphatic heterocycles. The fraction of sp³-hybridized carbons (Fsp3) is 0.214. The van der Waals surface area contributed by atoms with Crippen molar-refractivity contribution in [2.45, 2.75) is 12.5 Å². The Morgan fingerprint density at radius 1 is 1.06 bits per heavy atom. The van der Waals surface area contributed by atoms with E-state index in [0.717, 1.165) is 6.42 Å². The summed E-state index contributed by atoms with van der Waals surface area (Å²) in [4.78, 5) is 12.8. The van der Waals surface area contributed by atoms with Crippen molar-refractivity contribution >= 4 is 5.90 Å². The minimum atomic E-state index is 0.159. The van der Waals surface area contributed by atoms with Crippen LogP contribution >= 0.6 is 0 Å². The van der Waals surface area contributed by atoms with Gasteiger partial charge in [-0.3, -0.25) is 0 Å². The zero-order valence-electron chi connectivity index (χ0n) is 9.86. The number of ether oxygens (including phenoxy) is 1. The molecule has 3 rings (SSSR count). The third-order valence-corrected chi connectivity index (χ3v) is 2.78. The lowest BCUT2D eigenvalue weighted by Gasteiger charge is -2.03. The van der Waals surface area contributed by atoms with Crippen LogP contribution in [-0.2, 0) is 11.2 Å². The maximum Gasteiger partial charge on any atom is 0.255 e. The Bertz CT molecular complexity index is 539. The quantitative estimate of drug-likeness (QED) is 0.821.